The van der Waals surface area contributed by atoms with Crippen LogP contribution >= 0.6 is 12.2 Å². The van der Waals surface area contributed by atoms with Crippen molar-refractivity contribution in [3.05, 3.63) is 29.8 Å². The normalized spacial score (nSPS) is 18.4. The molecule has 4 nitrogen and oxygen atoms in total. The van der Waals surface area contributed by atoms with E-state index in [-0.39, 0.29) is 6.10 Å². The molecule has 0 aliphatic carbocycles. The van der Waals surface area contributed by atoms with Crippen molar-refractivity contribution >= 4 is 17.2 Å². The van der Waals surface area contributed by atoms with Gasteiger partial charge in [0.2, 0.25) is 0 Å². The molecule has 1 heterocycles. The largest absolute Gasteiger partial charge is 0.493 e. The standard InChI is InChI=1S/C14H19NO3S/c15-14(19)12-4-1-2-5-13(12)18-8-3-7-17-11-6-9-16-10-11/h1-2,4-5,11H,3,6-10H2,(H2,15,19). The van der Waals surface area contributed by atoms with E-state index in [0.29, 0.717) is 24.8 Å². The van der Waals surface area contributed by atoms with Gasteiger partial charge in [-0.25, -0.2) is 0 Å². The molecule has 1 atom stereocenters. The minimum atomic E-state index is 0.254. The number of thiocarbonyl (C=S) groups is 1. The second kappa shape index (κ2) is 7.43. The summed E-state index contributed by atoms with van der Waals surface area (Å²) in [5.41, 5.74) is 6.42. The molecule has 0 bridgehead atoms. The van der Waals surface area contributed by atoms with Gasteiger partial charge < -0.3 is 19.9 Å². The highest BCUT2D eigenvalue weighted by molar-refractivity contribution is 7.80. The third-order valence-corrected chi connectivity index (χ3v) is 3.16. The third kappa shape index (κ3) is 4.45. The lowest BCUT2D eigenvalue weighted by Gasteiger charge is -2.12. The van der Waals surface area contributed by atoms with Gasteiger partial charge in [-0.2, -0.15) is 0 Å². The number of rotatable bonds is 7. The average Bonchev–Trinajstić information content (AvgIpc) is 2.92. The highest BCUT2D eigenvalue weighted by Crippen LogP contribution is 2.17. The van der Waals surface area contributed by atoms with Crippen molar-refractivity contribution in [2.24, 2.45) is 5.73 Å². The quantitative estimate of drug-likeness (QED) is 0.611. The molecule has 1 aliphatic heterocycles. The van der Waals surface area contributed by atoms with E-state index in [0.717, 1.165) is 30.8 Å². The molecule has 1 unspecified atom stereocenters. The molecule has 19 heavy (non-hydrogen) atoms. The summed E-state index contributed by atoms with van der Waals surface area (Å²) in [5.74, 6) is 0.735. The van der Waals surface area contributed by atoms with Gasteiger partial charge in [0.25, 0.3) is 0 Å². The SMILES string of the molecule is NC(=S)c1ccccc1OCCCOC1CCOC1. The van der Waals surface area contributed by atoms with Crippen LogP contribution in [-0.4, -0.2) is 37.5 Å². The number of benzene rings is 1. The van der Waals surface area contributed by atoms with Gasteiger partial charge in [0, 0.05) is 13.0 Å². The van der Waals surface area contributed by atoms with Crippen molar-refractivity contribution in [3.8, 4) is 5.75 Å². The summed E-state index contributed by atoms with van der Waals surface area (Å²) in [4.78, 5) is 0.356. The van der Waals surface area contributed by atoms with E-state index in [4.69, 9.17) is 32.2 Å². The minimum absolute atomic E-state index is 0.254. The van der Waals surface area contributed by atoms with E-state index in [9.17, 15) is 0 Å². The monoisotopic (exact) mass is 281 g/mol. The number of para-hydroxylation sites is 1. The molecular weight excluding hydrogens is 262 g/mol. The lowest BCUT2D eigenvalue weighted by atomic mass is 10.2. The fourth-order valence-corrected chi connectivity index (χ4v) is 2.10. The van der Waals surface area contributed by atoms with E-state index in [2.05, 4.69) is 0 Å². The zero-order valence-electron chi connectivity index (χ0n) is 10.8. The van der Waals surface area contributed by atoms with Crippen LogP contribution < -0.4 is 10.5 Å². The Labute approximate surface area is 118 Å². The van der Waals surface area contributed by atoms with Crippen LogP contribution in [0.5, 0.6) is 5.75 Å². The van der Waals surface area contributed by atoms with E-state index >= 15 is 0 Å². The Bertz CT molecular complexity index is 419. The molecule has 0 radical (unpaired) electrons. The van der Waals surface area contributed by atoms with Crippen molar-refractivity contribution in [1.29, 1.82) is 0 Å². The van der Waals surface area contributed by atoms with Crippen LogP contribution in [0, 0.1) is 0 Å². The van der Waals surface area contributed by atoms with Crippen LogP contribution in [0.1, 0.15) is 18.4 Å². The fourth-order valence-electron chi connectivity index (χ4n) is 1.93. The smallest absolute Gasteiger partial charge is 0.129 e. The van der Waals surface area contributed by atoms with Crippen LogP contribution in [0.2, 0.25) is 0 Å². The fraction of sp³-hybridized carbons (Fsp3) is 0.500. The van der Waals surface area contributed by atoms with Gasteiger partial charge >= 0.3 is 0 Å². The van der Waals surface area contributed by atoms with Crippen LogP contribution in [0.25, 0.3) is 0 Å². The van der Waals surface area contributed by atoms with Crippen molar-refractivity contribution in [2.45, 2.75) is 18.9 Å². The molecule has 1 aliphatic rings. The highest BCUT2D eigenvalue weighted by atomic mass is 32.1. The van der Waals surface area contributed by atoms with E-state index in [1.54, 1.807) is 0 Å². The molecular formula is C14H19NO3S. The Hall–Kier alpha value is -1.17. The summed E-state index contributed by atoms with van der Waals surface area (Å²) < 4.78 is 16.6. The van der Waals surface area contributed by atoms with Crippen molar-refractivity contribution in [3.63, 3.8) is 0 Å². The summed E-state index contributed by atoms with van der Waals surface area (Å²) in [6.07, 6.45) is 2.08. The Morgan fingerprint density at radius 1 is 1.37 bits per heavy atom. The van der Waals surface area contributed by atoms with Gasteiger partial charge in [0.05, 0.1) is 31.5 Å². The number of hydrogen-bond acceptors (Lipinski definition) is 4. The van der Waals surface area contributed by atoms with Crippen LogP contribution in [0.4, 0.5) is 0 Å². The topological polar surface area (TPSA) is 53.7 Å². The van der Waals surface area contributed by atoms with Gasteiger partial charge in [-0.3, -0.25) is 0 Å². The lowest BCUT2D eigenvalue weighted by molar-refractivity contribution is 0.0366. The molecule has 1 aromatic carbocycles. The average molecular weight is 281 g/mol. The van der Waals surface area contributed by atoms with Crippen LogP contribution in [-0.2, 0) is 9.47 Å². The van der Waals surface area contributed by atoms with E-state index < -0.39 is 0 Å². The molecule has 0 spiro atoms. The molecule has 0 aromatic heterocycles. The Morgan fingerprint density at radius 3 is 2.95 bits per heavy atom. The summed E-state index contributed by atoms with van der Waals surface area (Å²) in [6, 6.07) is 7.54. The van der Waals surface area contributed by atoms with Crippen molar-refractivity contribution < 1.29 is 14.2 Å². The molecule has 104 valence electrons. The van der Waals surface area contributed by atoms with Gasteiger partial charge in [-0.05, 0) is 18.6 Å². The first kappa shape index (κ1) is 14.2. The predicted molar refractivity (Wildman–Crippen MR) is 77.6 cm³/mol. The number of hydrogen-bond donors (Lipinski definition) is 1. The maximum absolute atomic E-state index is 5.68. The van der Waals surface area contributed by atoms with E-state index in [1.807, 2.05) is 24.3 Å². The first-order chi connectivity index (χ1) is 9.27. The second-order valence-electron chi connectivity index (χ2n) is 4.42. The third-order valence-electron chi connectivity index (χ3n) is 2.94. The first-order valence-corrected chi connectivity index (χ1v) is 6.89. The molecule has 1 fully saturated rings. The van der Waals surface area contributed by atoms with Crippen molar-refractivity contribution in [2.75, 3.05) is 26.4 Å². The van der Waals surface area contributed by atoms with E-state index in [1.165, 1.54) is 0 Å². The molecule has 1 saturated heterocycles. The predicted octanol–water partition coefficient (Wildman–Crippen LogP) is 1.90. The Kier molecular flexibility index (Phi) is 5.57. The first-order valence-electron chi connectivity index (χ1n) is 6.48. The van der Waals surface area contributed by atoms with Gasteiger partial charge in [-0.15, -0.1) is 0 Å². The summed E-state index contributed by atoms with van der Waals surface area (Å²) in [5, 5.41) is 0. The molecule has 2 N–H and O–H groups in total. The second-order valence-corrected chi connectivity index (χ2v) is 4.86. The molecule has 1 aromatic rings. The van der Waals surface area contributed by atoms with Gasteiger partial charge in [-0.1, -0.05) is 24.4 Å². The van der Waals surface area contributed by atoms with Gasteiger partial charge in [0.1, 0.15) is 10.7 Å². The molecule has 5 heteroatoms. The Balaban J connectivity index is 1.69. The maximum atomic E-state index is 5.68. The number of nitrogens with two attached hydrogens (primary N) is 1. The molecule has 2 rings (SSSR count). The zero-order chi connectivity index (χ0) is 13.5. The highest BCUT2D eigenvalue weighted by Gasteiger charge is 2.15. The minimum Gasteiger partial charge on any atom is -0.493 e. The molecule has 0 saturated carbocycles. The molecule has 0 amide bonds. The summed E-state index contributed by atoms with van der Waals surface area (Å²) in [7, 11) is 0. The van der Waals surface area contributed by atoms with Crippen LogP contribution in [0.3, 0.4) is 0 Å². The number of ether oxygens (including phenoxy) is 3. The van der Waals surface area contributed by atoms with Gasteiger partial charge in [0.15, 0.2) is 0 Å². The summed E-state index contributed by atoms with van der Waals surface area (Å²) >= 11 is 4.98. The summed E-state index contributed by atoms with van der Waals surface area (Å²) in [6.45, 7) is 2.80. The Morgan fingerprint density at radius 2 is 2.21 bits per heavy atom. The maximum Gasteiger partial charge on any atom is 0.129 e. The zero-order valence-corrected chi connectivity index (χ0v) is 11.7. The van der Waals surface area contributed by atoms with Crippen LogP contribution in [0.15, 0.2) is 24.3 Å². The lowest BCUT2D eigenvalue weighted by Crippen LogP contribution is -2.15. The van der Waals surface area contributed by atoms with Crippen molar-refractivity contribution in [1.82, 2.24) is 0 Å².